The van der Waals surface area contributed by atoms with E-state index in [1.807, 2.05) is 27.2 Å². The van der Waals surface area contributed by atoms with Crippen LogP contribution in [0.25, 0.3) is 0 Å². The van der Waals surface area contributed by atoms with E-state index in [0.29, 0.717) is 15.7 Å². The van der Waals surface area contributed by atoms with Gasteiger partial charge in [0.2, 0.25) is 0 Å². The molecule has 1 N–H and O–H groups in total. The van der Waals surface area contributed by atoms with Gasteiger partial charge in [-0.1, -0.05) is 11.6 Å². The number of nitrogens with zero attached hydrogens (tertiary/aromatic N) is 3. The Bertz CT molecular complexity index is 930. The van der Waals surface area contributed by atoms with E-state index in [1.54, 1.807) is 6.33 Å². The van der Waals surface area contributed by atoms with Crippen LogP contribution in [0.5, 0.6) is 0 Å². The maximum Gasteiger partial charge on any atom is 0.332 e. The zero-order valence-corrected chi connectivity index (χ0v) is 15.7. The van der Waals surface area contributed by atoms with Gasteiger partial charge >= 0.3 is 5.97 Å². The summed E-state index contributed by atoms with van der Waals surface area (Å²) in [5.74, 6) is -2.33. The second-order valence-electron chi connectivity index (χ2n) is 6.06. The van der Waals surface area contributed by atoms with Gasteiger partial charge in [0.15, 0.2) is 6.04 Å². The van der Waals surface area contributed by atoms with Crippen molar-refractivity contribution in [1.82, 2.24) is 14.5 Å². The number of amides is 1. The van der Waals surface area contributed by atoms with Crippen LogP contribution in [0.15, 0.2) is 12.4 Å². The number of carboxylic acid groups (broad SMARTS) is 1. The van der Waals surface area contributed by atoms with E-state index in [0.717, 1.165) is 23.6 Å². The van der Waals surface area contributed by atoms with Crippen LogP contribution in [-0.4, -0.2) is 31.4 Å². The van der Waals surface area contributed by atoms with E-state index < -0.39 is 23.7 Å². The molecule has 1 aromatic heterocycles. The summed E-state index contributed by atoms with van der Waals surface area (Å²) in [5, 5.41) is 9.91. The summed E-state index contributed by atoms with van der Waals surface area (Å²) in [6.45, 7) is 0.640. The second kappa shape index (κ2) is 5.94. The number of hydrogen-bond donors (Lipinski definition) is 1. The van der Waals surface area contributed by atoms with Crippen LogP contribution in [0.1, 0.15) is 39.8 Å². The van der Waals surface area contributed by atoms with Crippen molar-refractivity contribution in [2.45, 2.75) is 32.0 Å². The fraction of sp³-hybridized carbons (Fsp3) is 0.312. The van der Waals surface area contributed by atoms with Gasteiger partial charge in [-0.25, -0.2) is 14.2 Å². The summed E-state index contributed by atoms with van der Waals surface area (Å²) in [7, 11) is 0. The molecule has 2 aromatic rings. The first-order chi connectivity index (χ1) is 11.9. The van der Waals surface area contributed by atoms with Crippen LogP contribution in [0.2, 0.25) is 5.02 Å². The van der Waals surface area contributed by atoms with Crippen molar-refractivity contribution in [2.75, 3.05) is 0 Å². The molecule has 4 rings (SSSR count). The lowest BCUT2D eigenvalue weighted by atomic mass is 10.1. The van der Waals surface area contributed by atoms with Crippen molar-refractivity contribution in [2.24, 2.45) is 0 Å². The van der Waals surface area contributed by atoms with E-state index >= 15 is 0 Å². The molecule has 0 saturated carbocycles. The predicted octanol–water partition coefficient (Wildman–Crippen LogP) is 3.01. The molecular weight excluding hydrogens is 464 g/mol. The van der Waals surface area contributed by atoms with Crippen molar-refractivity contribution in [3.8, 4) is 0 Å². The van der Waals surface area contributed by atoms with Crippen molar-refractivity contribution in [3.63, 3.8) is 0 Å². The Labute approximate surface area is 160 Å². The number of aliphatic carboxylic acids is 1. The lowest BCUT2D eigenvalue weighted by molar-refractivity contribution is -0.142. The molecule has 6 nitrogen and oxygen atoms in total. The Morgan fingerprint density at radius 1 is 1.48 bits per heavy atom. The Morgan fingerprint density at radius 2 is 2.24 bits per heavy atom. The van der Waals surface area contributed by atoms with Crippen LogP contribution >= 0.6 is 34.2 Å². The molecule has 1 amide bonds. The number of rotatable bonds is 3. The molecule has 0 saturated heterocycles. The molecular formula is C16H12ClFIN3O3. The van der Waals surface area contributed by atoms with Crippen LogP contribution in [0.3, 0.4) is 0 Å². The average Bonchev–Trinajstić information content (AvgIpc) is 3.22. The van der Waals surface area contributed by atoms with E-state index in [2.05, 4.69) is 4.98 Å². The summed E-state index contributed by atoms with van der Waals surface area (Å²) < 4.78 is 16.6. The molecule has 0 radical (unpaired) electrons. The highest BCUT2D eigenvalue weighted by Gasteiger charge is 2.43. The zero-order valence-electron chi connectivity index (χ0n) is 12.8. The molecule has 1 atom stereocenters. The molecule has 0 bridgehead atoms. The van der Waals surface area contributed by atoms with Gasteiger partial charge in [-0.3, -0.25) is 4.79 Å². The molecule has 3 heterocycles. The number of hydrogen-bond acceptors (Lipinski definition) is 3. The number of fused-ring (bicyclic) bond motifs is 2. The Balaban J connectivity index is 1.80. The molecule has 0 aliphatic carbocycles. The van der Waals surface area contributed by atoms with Crippen LogP contribution in [-0.2, 0) is 24.3 Å². The molecule has 2 aliphatic heterocycles. The van der Waals surface area contributed by atoms with Gasteiger partial charge in [0.05, 0.1) is 29.2 Å². The fourth-order valence-corrected chi connectivity index (χ4v) is 4.33. The quantitative estimate of drug-likeness (QED) is 0.547. The largest absolute Gasteiger partial charge is 0.479 e. The topological polar surface area (TPSA) is 75.4 Å². The number of halogens is 3. The molecule has 9 heteroatoms. The van der Waals surface area contributed by atoms with E-state index in [1.165, 1.54) is 6.07 Å². The third-order valence-electron chi connectivity index (χ3n) is 4.67. The minimum atomic E-state index is -1.26. The van der Waals surface area contributed by atoms with Crippen molar-refractivity contribution in [3.05, 3.63) is 49.3 Å². The molecule has 2 aliphatic rings. The Morgan fingerprint density at radius 3 is 2.96 bits per heavy atom. The highest BCUT2D eigenvalue weighted by Crippen LogP contribution is 2.39. The van der Waals surface area contributed by atoms with Crippen LogP contribution in [0, 0.1) is 9.39 Å². The Kier molecular flexibility index (Phi) is 3.99. The average molecular weight is 476 g/mol. The summed E-state index contributed by atoms with van der Waals surface area (Å²) in [6, 6.07) is -0.00911. The first-order valence-corrected chi connectivity index (χ1v) is 9.10. The van der Waals surface area contributed by atoms with Crippen molar-refractivity contribution >= 4 is 46.1 Å². The highest BCUT2D eigenvalue weighted by atomic mass is 127. The highest BCUT2D eigenvalue weighted by molar-refractivity contribution is 14.1. The van der Waals surface area contributed by atoms with Crippen LogP contribution in [0.4, 0.5) is 4.39 Å². The third kappa shape index (κ3) is 2.45. The van der Waals surface area contributed by atoms with Crippen LogP contribution < -0.4 is 0 Å². The number of aryl methyl sites for hydroxylation is 1. The number of imidazole rings is 1. The van der Waals surface area contributed by atoms with Crippen molar-refractivity contribution in [1.29, 1.82) is 0 Å². The first kappa shape index (κ1) is 16.8. The monoisotopic (exact) mass is 475 g/mol. The van der Waals surface area contributed by atoms with Gasteiger partial charge in [-0.2, -0.15) is 0 Å². The molecule has 1 unspecified atom stereocenters. The molecule has 130 valence electrons. The smallest absolute Gasteiger partial charge is 0.332 e. The van der Waals surface area contributed by atoms with E-state index in [-0.39, 0.29) is 22.7 Å². The van der Waals surface area contributed by atoms with Crippen molar-refractivity contribution < 1.29 is 19.1 Å². The number of carbonyl (C=O) groups excluding carboxylic acids is 1. The SMILES string of the molecule is O=C(O)C(c1ncn2c1CCC2)N1Cc2c(F)cc(I)c(Cl)c2C1=O. The van der Waals surface area contributed by atoms with Gasteiger partial charge in [0.25, 0.3) is 5.91 Å². The van der Waals surface area contributed by atoms with Gasteiger partial charge in [-0.15, -0.1) is 0 Å². The zero-order chi connectivity index (χ0) is 17.9. The minimum Gasteiger partial charge on any atom is -0.479 e. The summed E-state index contributed by atoms with van der Waals surface area (Å²) >= 11 is 8.04. The lowest BCUT2D eigenvalue weighted by Crippen LogP contribution is -2.35. The molecule has 1 aromatic carbocycles. The molecule has 0 fully saturated rings. The van der Waals surface area contributed by atoms with Gasteiger partial charge in [0, 0.05) is 21.4 Å². The summed E-state index contributed by atoms with van der Waals surface area (Å²) in [6.07, 6.45) is 3.21. The first-order valence-electron chi connectivity index (χ1n) is 7.64. The standard InChI is InChI=1S/C16H12ClFIN3O3/c17-12-9(19)4-8(18)7-5-22(15(23)11(7)12)14(16(24)25)13-10-2-1-3-21(10)6-20-13/h4,6,14H,1-3,5H2,(H,24,25). The number of benzene rings is 1. The second-order valence-corrected chi connectivity index (χ2v) is 7.60. The maximum absolute atomic E-state index is 14.3. The lowest BCUT2D eigenvalue weighted by Gasteiger charge is -2.23. The number of carboxylic acids is 1. The van der Waals surface area contributed by atoms with Gasteiger partial charge in [-0.05, 0) is 41.5 Å². The van der Waals surface area contributed by atoms with E-state index in [9.17, 15) is 19.1 Å². The summed E-state index contributed by atoms with van der Waals surface area (Å²) in [4.78, 5) is 30.1. The minimum absolute atomic E-state index is 0.0492. The summed E-state index contributed by atoms with van der Waals surface area (Å²) in [5.41, 5.74) is 1.35. The van der Waals surface area contributed by atoms with Gasteiger partial charge < -0.3 is 14.6 Å². The normalized spacial score (nSPS) is 16.9. The third-order valence-corrected chi connectivity index (χ3v) is 6.23. The molecule has 0 spiro atoms. The Hall–Kier alpha value is -1.68. The predicted molar refractivity (Wildman–Crippen MR) is 94.9 cm³/mol. The van der Waals surface area contributed by atoms with E-state index in [4.69, 9.17) is 11.6 Å². The fourth-order valence-electron chi connectivity index (χ4n) is 3.54. The maximum atomic E-state index is 14.3. The van der Waals surface area contributed by atoms with Gasteiger partial charge in [0.1, 0.15) is 5.82 Å². The molecule has 25 heavy (non-hydrogen) atoms. The number of aromatic nitrogens is 2. The number of carbonyl (C=O) groups is 2.